The summed E-state index contributed by atoms with van der Waals surface area (Å²) in [7, 11) is 2.63. The number of methoxy groups -OCH3 is 2. The third-order valence-corrected chi connectivity index (χ3v) is 6.07. The number of nitrogens with zero attached hydrogens (tertiary/aromatic N) is 2. The number of anilines is 1. The second kappa shape index (κ2) is 8.34. The summed E-state index contributed by atoms with van der Waals surface area (Å²) in [4.78, 5) is 54.1. The molecule has 0 saturated heterocycles. The molecule has 0 bridgehead atoms. The van der Waals surface area contributed by atoms with Crippen molar-refractivity contribution >= 4 is 23.5 Å². The zero-order chi connectivity index (χ0) is 24.8. The van der Waals surface area contributed by atoms with E-state index in [2.05, 4.69) is 0 Å². The summed E-state index contributed by atoms with van der Waals surface area (Å²) in [5.74, 6) is -2.80. The van der Waals surface area contributed by atoms with Crippen molar-refractivity contribution in [3.8, 4) is 5.75 Å². The van der Waals surface area contributed by atoms with Gasteiger partial charge in [-0.25, -0.2) is 4.79 Å². The van der Waals surface area contributed by atoms with Gasteiger partial charge in [-0.3, -0.25) is 14.4 Å². The Balaban J connectivity index is 2.16. The van der Waals surface area contributed by atoms with Crippen LogP contribution in [0.5, 0.6) is 5.75 Å². The van der Waals surface area contributed by atoms with E-state index in [4.69, 9.17) is 25.7 Å². The smallest absolute Gasteiger partial charge is 0.340 e. The molecule has 0 fully saturated rings. The van der Waals surface area contributed by atoms with Crippen molar-refractivity contribution in [1.82, 2.24) is 4.57 Å². The largest absolute Gasteiger partial charge is 0.465 e. The number of amides is 2. The minimum Gasteiger partial charge on any atom is -0.465 e. The summed E-state index contributed by atoms with van der Waals surface area (Å²) >= 11 is 0. The van der Waals surface area contributed by atoms with Crippen LogP contribution in [0.2, 0.25) is 0 Å². The second-order valence-electron chi connectivity index (χ2n) is 7.93. The Labute approximate surface area is 194 Å². The van der Waals surface area contributed by atoms with Crippen LogP contribution >= 0.6 is 0 Å². The molecular formula is C23H24N4O7. The zero-order valence-electron chi connectivity index (χ0n) is 18.9. The van der Waals surface area contributed by atoms with Crippen LogP contribution in [0.1, 0.15) is 16.8 Å². The van der Waals surface area contributed by atoms with Crippen molar-refractivity contribution < 1.29 is 28.6 Å². The molecule has 4 rings (SSSR count). The monoisotopic (exact) mass is 468 g/mol. The molecule has 178 valence electrons. The number of carbonyl (C=O) groups excluding carboxylic acids is 3. The molecule has 1 spiro atoms. The summed E-state index contributed by atoms with van der Waals surface area (Å²) < 4.78 is 17.2. The molecule has 0 aliphatic carbocycles. The van der Waals surface area contributed by atoms with Crippen molar-refractivity contribution in [2.45, 2.75) is 18.9 Å². The van der Waals surface area contributed by atoms with Gasteiger partial charge in [-0.05, 0) is 13.0 Å². The normalized spacial score (nSPS) is 18.6. The van der Waals surface area contributed by atoms with E-state index in [0.29, 0.717) is 11.4 Å². The maximum Gasteiger partial charge on any atom is 0.340 e. The first-order valence-electron chi connectivity index (χ1n) is 10.4. The fourth-order valence-electron chi connectivity index (χ4n) is 4.71. The van der Waals surface area contributed by atoms with Gasteiger partial charge >= 0.3 is 5.97 Å². The number of primary amides is 1. The van der Waals surface area contributed by atoms with Gasteiger partial charge in [0.05, 0.1) is 19.3 Å². The average Bonchev–Trinajstić information content (AvgIpc) is 3.01. The number of hydrogen-bond acceptors (Lipinski definition) is 8. The fourth-order valence-corrected chi connectivity index (χ4v) is 4.71. The number of benzene rings is 1. The SMILES string of the molecule is COCCn1c(C)cc2c(c1=O)C1(C(=O)N(CC(N)=O)c3ccccc31)C(C(=O)OC)=C(N)O2. The number of ether oxygens (including phenoxy) is 3. The highest BCUT2D eigenvalue weighted by molar-refractivity contribution is 6.19. The van der Waals surface area contributed by atoms with Crippen LogP contribution in [-0.4, -0.2) is 49.7 Å². The molecule has 0 saturated carbocycles. The molecule has 11 heteroatoms. The summed E-state index contributed by atoms with van der Waals surface area (Å²) in [6, 6.07) is 8.08. The van der Waals surface area contributed by atoms with E-state index in [9.17, 15) is 19.2 Å². The molecule has 2 aliphatic heterocycles. The number of aryl methyl sites for hydroxylation is 1. The van der Waals surface area contributed by atoms with Gasteiger partial charge in [-0.1, -0.05) is 18.2 Å². The molecule has 34 heavy (non-hydrogen) atoms. The Morgan fingerprint density at radius 1 is 1.18 bits per heavy atom. The molecule has 1 atom stereocenters. The van der Waals surface area contributed by atoms with Gasteiger partial charge in [0, 0.05) is 36.7 Å². The molecule has 11 nitrogen and oxygen atoms in total. The lowest BCUT2D eigenvalue weighted by atomic mass is 9.68. The number of aromatic nitrogens is 1. The first-order valence-corrected chi connectivity index (χ1v) is 10.4. The summed E-state index contributed by atoms with van der Waals surface area (Å²) in [6.07, 6.45) is 0. The standard InChI is InChI=1S/C23H24N4O7/c1-12-10-15-17(20(29)26(12)8-9-32-2)23(18(19(25)34-15)21(30)33-3)13-6-4-5-7-14(13)27(22(23)31)11-16(24)28/h4-7,10H,8-9,11,25H2,1-3H3,(H2,24,28). The van der Waals surface area contributed by atoms with Gasteiger partial charge in [0.1, 0.15) is 23.3 Å². The Morgan fingerprint density at radius 2 is 1.88 bits per heavy atom. The quantitative estimate of drug-likeness (QED) is 0.545. The van der Waals surface area contributed by atoms with Crippen LogP contribution in [0, 0.1) is 6.92 Å². The van der Waals surface area contributed by atoms with E-state index in [-0.39, 0.29) is 41.5 Å². The van der Waals surface area contributed by atoms with Gasteiger partial charge in [0.15, 0.2) is 0 Å². The number of fused-ring (bicyclic) bond motifs is 4. The first-order chi connectivity index (χ1) is 16.2. The molecule has 1 unspecified atom stereocenters. The van der Waals surface area contributed by atoms with Gasteiger partial charge in [-0.2, -0.15) is 0 Å². The van der Waals surface area contributed by atoms with Crippen molar-refractivity contribution in [2.24, 2.45) is 11.5 Å². The van der Waals surface area contributed by atoms with Gasteiger partial charge < -0.3 is 35.1 Å². The maximum absolute atomic E-state index is 14.2. The van der Waals surface area contributed by atoms with Crippen LogP contribution in [0.25, 0.3) is 0 Å². The van der Waals surface area contributed by atoms with Crippen LogP contribution in [-0.2, 0) is 35.8 Å². The highest BCUT2D eigenvalue weighted by Crippen LogP contribution is 2.54. The number of pyridine rings is 1. The minimum atomic E-state index is -2.00. The summed E-state index contributed by atoms with van der Waals surface area (Å²) in [5, 5.41) is 0. The Morgan fingerprint density at radius 3 is 2.53 bits per heavy atom. The van der Waals surface area contributed by atoms with E-state index in [1.54, 1.807) is 37.3 Å². The summed E-state index contributed by atoms with van der Waals surface area (Å²) in [6.45, 7) is 1.66. The molecule has 1 aromatic carbocycles. The third kappa shape index (κ3) is 3.08. The topological polar surface area (TPSA) is 156 Å². The molecular weight excluding hydrogens is 444 g/mol. The lowest BCUT2D eigenvalue weighted by molar-refractivity contribution is -0.138. The van der Waals surface area contributed by atoms with Crippen LogP contribution in [0.3, 0.4) is 0 Å². The summed E-state index contributed by atoms with van der Waals surface area (Å²) in [5.41, 5.74) is 9.72. The molecule has 4 N–H and O–H groups in total. The van der Waals surface area contributed by atoms with Crippen LogP contribution < -0.4 is 26.7 Å². The molecule has 1 aromatic heterocycles. The highest BCUT2D eigenvalue weighted by Gasteiger charge is 2.62. The van der Waals surface area contributed by atoms with Crippen molar-refractivity contribution in [3.05, 3.63) is 69.0 Å². The lowest BCUT2D eigenvalue weighted by Crippen LogP contribution is -2.53. The fraction of sp³-hybridized carbons (Fsp3) is 0.304. The number of hydrogen-bond donors (Lipinski definition) is 2. The van der Waals surface area contributed by atoms with Crippen LogP contribution in [0.15, 0.2) is 46.6 Å². The Bertz CT molecular complexity index is 1310. The highest BCUT2D eigenvalue weighted by atomic mass is 16.5. The van der Waals surface area contributed by atoms with Gasteiger partial charge in [0.2, 0.25) is 17.7 Å². The van der Waals surface area contributed by atoms with E-state index in [1.807, 2.05) is 0 Å². The number of para-hydroxylation sites is 1. The first kappa shape index (κ1) is 23.1. The third-order valence-electron chi connectivity index (χ3n) is 6.07. The second-order valence-corrected chi connectivity index (χ2v) is 7.93. The number of rotatable bonds is 6. The lowest BCUT2D eigenvalue weighted by Gasteiger charge is -2.35. The van der Waals surface area contributed by atoms with Crippen molar-refractivity contribution in [2.75, 3.05) is 32.3 Å². The number of nitrogens with two attached hydrogens (primary N) is 2. The molecule has 0 radical (unpaired) electrons. The van der Waals surface area contributed by atoms with Crippen molar-refractivity contribution in [3.63, 3.8) is 0 Å². The Hall–Kier alpha value is -4.12. The Kier molecular flexibility index (Phi) is 5.65. The van der Waals surface area contributed by atoms with Crippen molar-refractivity contribution in [1.29, 1.82) is 0 Å². The van der Waals surface area contributed by atoms with E-state index in [1.165, 1.54) is 11.7 Å². The maximum atomic E-state index is 14.2. The molecule has 2 aromatic rings. The zero-order valence-corrected chi connectivity index (χ0v) is 18.9. The number of carbonyl (C=O) groups is 3. The average molecular weight is 468 g/mol. The van der Waals surface area contributed by atoms with Gasteiger partial charge in [0.25, 0.3) is 5.56 Å². The molecule has 3 heterocycles. The van der Waals surface area contributed by atoms with E-state index < -0.39 is 35.3 Å². The predicted octanol–water partition coefficient (Wildman–Crippen LogP) is -0.343. The molecule has 2 amide bonds. The minimum absolute atomic E-state index is 0.0328. The van der Waals surface area contributed by atoms with Crippen LogP contribution in [0.4, 0.5) is 5.69 Å². The van der Waals surface area contributed by atoms with E-state index in [0.717, 1.165) is 12.0 Å². The molecule has 2 aliphatic rings. The number of esters is 1. The van der Waals surface area contributed by atoms with E-state index >= 15 is 0 Å². The van der Waals surface area contributed by atoms with Gasteiger partial charge in [-0.15, -0.1) is 0 Å². The predicted molar refractivity (Wildman–Crippen MR) is 120 cm³/mol.